The van der Waals surface area contributed by atoms with Crippen LogP contribution in [-0.4, -0.2) is 29.9 Å². The van der Waals surface area contributed by atoms with Crippen LogP contribution < -0.4 is 16.8 Å². The van der Waals surface area contributed by atoms with Crippen molar-refractivity contribution in [3.05, 3.63) is 101 Å². The first-order valence-corrected chi connectivity index (χ1v) is 9.64. The minimum atomic E-state index is -0.778. The summed E-state index contributed by atoms with van der Waals surface area (Å²) >= 11 is 0. The second-order valence-corrected chi connectivity index (χ2v) is 7.17. The Bertz CT molecular complexity index is 1610. The molecule has 0 radical (unpaired) electrons. The summed E-state index contributed by atoms with van der Waals surface area (Å²) in [6, 6.07) is 13.6. The maximum absolute atomic E-state index is 13.4. The molecule has 1 N–H and O–H groups in total. The van der Waals surface area contributed by atoms with Crippen molar-refractivity contribution in [2.45, 2.75) is 0 Å². The molecule has 2 aromatic heterocycles. The molecule has 0 unspecified atom stereocenters. The lowest BCUT2D eigenvalue weighted by Gasteiger charge is -2.16. The molecular weight excluding hydrogens is 430 g/mol. The van der Waals surface area contributed by atoms with E-state index in [1.807, 2.05) is 0 Å². The summed E-state index contributed by atoms with van der Waals surface area (Å²) in [6.45, 7) is 0. The van der Waals surface area contributed by atoms with Gasteiger partial charge in [0.15, 0.2) is 0 Å². The van der Waals surface area contributed by atoms with Gasteiger partial charge in [-0.05, 0) is 24.3 Å². The zero-order valence-corrected chi connectivity index (χ0v) is 17.5. The van der Waals surface area contributed by atoms with E-state index in [0.717, 1.165) is 19.9 Å². The molecule has 0 atom stereocenters. The van der Waals surface area contributed by atoms with E-state index in [2.05, 4.69) is 4.99 Å². The van der Waals surface area contributed by atoms with Crippen molar-refractivity contribution < 1.29 is 10.0 Å². The van der Waals surface area contributed by atoms with Gasteiger partial charge in [-0.15, -0.1) is 0 Å². The molecule has 0 aliphatic heterocycles. The molecule has 166 valence electrons. The molecule has 0 bridgehead atoms. The zero-order chi connectivity index (χ0) is 23.9. The first kappa shape index (κ1) is 21.4. The van der Waals surface area contributed by atoms with E-state index in [-0.39, 0.29) is 22.3 Å². The van der Waals surface area contributed by atoms with Crippen LogP contribution >= 0.6 is 0 Å². The Balaban J connectivity index is 2.06. The van der Waals surface area contributed by atoms with Gasteiger partial charge in [-0.1, -0.05) is 18.2 Å². The third-order valence-electron chi connectivity index (χ3n) is 5.19. The Morgan fingerprint density at radius 2 is 1.58 bits per heavy atom. The number of nitro groups is 1. The lowest BCUT2D eigenvalue weighted by atomic mass is 10.1. The van der Waals surface area contributed by atoms with Crippen LogP contribution in [0.3, 0.4) is 0 Å². The van der Waals surface area contributed by atoms with Gasteiger partial charge in [0.1, 0.15) is 22.3 Å². The molecule has 2 aromatic carbocycles. The van der Waals surface area contributed by atoms with Crippen LogP contribution in [0.15, 0.2) is 74.0 Å². The number of fused-ring (bicyclic) bond motifs is 1. The Morgan fingerprint density at radius 1 is 0.939 bits per heavy atom. The fraction of sp³-hybridized carbons (Fsp3) is 0.0909. The molecule has 4 aromatic rings. The number of aromatic nitrogens is 3. The predicted molar refractivity (Wildman–Crippen MR) is 122 cm³/mol. The Kier molecular flexibility index (Phi) is 5.22. The highest BCUT2D eigenvalue weighted by Crippen LogP contribution is 2.25. The molecule has 0 amide bonds. The fourth-order valence-electron chi connectivity index (χ4n) is 3.49. The summed E-state index contributed by atoms with van der Waals surface area (Å²) in [4.78, 5) is 53.3. The van der Waals surface area contributed by atoms with E-state index >= 15 is 0 Å². The molecule has 0 aliphatic carbocycles. The summed E-state index contributed by atoms with van der Waals surface area (Å²) < 4.78 is 3.11. The Labute approximate surface area is 184 Å². The summed E-state index contributed by atoms with van der Waals surface area (Å²) in [5.41, 5.74) is -1.95. The Hall–Kier alpha value is -4.80. The standard InChI is InChI=1S/C22H17N5O6/c1-24-19-17(21(30)25(2)22(24)31)18(28)16(20(29)26(19)14-6-4-3-5-7-14)12-23-13-8-10-15(11-9-13)27(32)33/h3-12,28H,1-2H3. The zero-order valence-electron chi connectivity index (χ0n) is 17.5. The van der Waals surface area contributed by atoms with Crippen molar-refractivity contribution in [3.63, 3.8) is 0 Å². The molecule has 0 fully saturated rings. The van der Waals surface area contributed by atoms with Crippen molar-refractivity contribution in [3.8, 4) is 11.4 Å². The Morgan fingerprint density at radius 3 is 2.18 bits per heavy atom. The van der Waals surface area contributed by atoms with Gasteiger partial charge in [-0.2, -0.15) is 0 Å². The highest BCUT2D eigenvalue weighted by atomic mass is 16.6. The minimum absolute atomic E-state index is 0.0655. The molecule has 33 heavy (non-hydrogen) atoms. The van der Waals surface area contributed by atoms with E-state index in [1.54, 1.807) is 30.3 Å². The van der Waals surface area contributed by atoms with Crippen LogP contribution in [0.5, 0.6) is 5.75 Å². The smallest absolute Gasteiger partial charge is 0.332 e. The van der Waals surface area contributed by atoms with E-state index < -0.39 is 27.5 Å². The minimum Gasteiger partial charge on any atom is -0.506 e. The number of aromatic hydroxyl groups is 1. The van der Waals surface area contributed by atoms with Crippen LogP contribution in [0.1, 0.15) is 5.56 Å². The summed E-state index contributed by atoms with van der Waals surface area (Å²) in [7, 11) is 2.67. The number of rotatable bonds is 4. The summed E-state index contributed by atoms with van der Waals surface area (Å²) in [5, 5.41) is 21.5. The van der Waals surface area contributed by atoms with Crippen LogP contribution in [-0.2, 0) is 14.1 Å². The third kappa shape index (κ3) is 3.51. The largest absolute Gasteiger partial charge is 0.506 e. The van der Waals surface area contributed by atoms with Gasteiger partial charge in [0.25, 0.3) is 16.8 Å². The van der Waals surface area contributed by atoms with Gasteiger partial charge in [0.2, 0.25) is 0 Å². The fourth-order valence-corrected chi connectivity index (χ4v) is 3.49. The second-order valence-electron chi connectivity index (χ2n) is 7.17. The first-order valence-electron chi connectivity index (χ1n) is 9.64. The molecular formula is C22H17N5O6. The lowest BCUT2D eigenvalue weighted by Crippen LogP contribution is -2.40. The monoisotopic (exact) mass is 447 g/mol. The predicted octanol–water partition coefficient (Wildman–Crippen LogP) is 1.75. The average molecular weight is 447 g/mol. The van der Waals surface area contributed by atoms with Crippen molar-refractivity contribution in [1.82, 2.24) is 13.7 Å². The van der Waals surface area contributed by atoms with E-state index in [9.17, 15) is 29.6 Å². The van der Waals surface area contributed by atoms with Crippen molar-refractivity contribution in [2.75, 3.05) is 0 Å². The maximum Gasteiger partial charge on any atom is 0.332 e. The highest BCUT2D eigenvalue weighted by molar-refractivity contribution is 5.95. The number of pyridine rings is 1. The van der Waals surface area contributed by atoms with E-state index in [0.29, 0.717) is 11.4 Å². The molecule has 0 saturated heterocycles. The SMILES string of the molecule is Cn1c(=O)c2c(O)c(C=Nc3ccc([N+](=O)[O-])cc3)c(=O)n(-c3ccccc3)c2n(C)c1=O. The van der Waals surface area contributed by atoms with E-state index in [4.69, 9.17) is 0 Å². The van der Waals surface area contributed by atoms with Gasteiger partial charge < -0.3 is 5.11 Å². The summed E-state index contributed by atoms with van der Waals surface area (Å²) in [5.74, 6) is -0.621. The normalized spacial score (nSPS) is 11.3. The number of non-ortho nitro benzene ring substituents is 1. The van der Waals surface area contributed by atoms with Gasteiger partial charge in [0, 0.05) is 32.4 Å². The van der Waals surface area contributed by atoms with Gasteiger partial charge >= 0.3 is 5.69 Å². The number of hydrogen-bond donors (Lipinski definition) is 1. The van der Waals surface area contributed by atoms with Gasteiger partial charge in [-0.25, -0.2) is 4.79 Å². The number of hydrogen-bond acceptors (Lipinski definition) is 7. The van der Waals surface area contributed by atoms with Crippen molar-refractivity contribution in [1.29, 1.82) is 0 Å². The molecule has 11 nitrogen and oxygen atoms in total. The van der Waals surface area contributed by atoms with Crippen molar-refractivity contribution in [2.24, 2.45) is 19.1 Å². The van der Waals surface area contributed by atoms with Gasteiger partial charge in [-0.3, -0.25) is 38.4 Å². The number of aryl methyl sites for hydroxylation is 1. The lowest BCUT2D eigenvalue weighted by molar-refractivity contribution is -0.384. The average Bonchev–Trinajstić information content (AvgIpc) is 2.81. The van der Waals surface area contributed by atoms with Crippen LogP contribution in [0.4, 0.5) is 11.4 Å². The second kappa shape index (κ2) is 8.04. The molecule has 0 aliphatic rings. The third-order valence-corrected chi connectivity index (χ3v) is 5.19. The molecule has 0 spiro atoms. The number of aliphatic imine (C=N–C) groups is 1. The van der Waals surface area contributed by atoms with Crippen LogP contribution in [0.2, 0.25) is 0 Å². The van der Waals surface area contributed by atoms with Crippen LogP contribution in [0.25, 0.3) is 16.7 Å². The number of para-hydroxylation sites is 1. The summed E-state index contributed by atoms with van der Waals surface area (Å²) in [6.07, 6.45) is 1.09. The quantitative estimate of drug-likeness (QED) is 0.287. The number of benzene rings is 2. The number of nitrogens with zero attached hydrogens (tertiary/aromatic N) is 5. The number of nitro benzene ring substituents is 1. The molecule has 0 saturated carbocycles. The first-order chi connectivity index (χ1) is 15.7. The maximum atomic E-state index is 13.4. The van der Waals surface area contributed by atoms with Gasteiger partial charge in [0.05, 0.1) is 16.3 Å². The topological polar surface area (TPSA) is 142 Å². The van der Waals surface area contributed by atoms with Crippen LogP contribution in [0, 0.1) is 10.1 Å². The van der Waals surface area contributed by atoms with E-state index in [1.165, 1.54) is 38.4 Å². The molecule has 4 rings (SSSR count). The molecule has 11 heteroatoms. The highest BCUT2D eigenvalue weighted by Gasteiger charge is 2.22. The molecule has 2 heterocycles. The van der Waals surface area contributed by atoms with Crippen molar-refractivity contribution >= 4 is 28.6 Å².